The van der Waals surface area contributed by atoms with Crippen molar-refractivity contribution in [3.05, 3.63) is 87.0 Å². The number of rotatable bonds is 6. The normalized spacial score (nSPS) is 11.6. The summed E-state index contributed by atoms with van der Waals surface area (Å²) in [6.07, 6.45) is 0. The second-order valence-corrected chi connectivity index (χ2v) is 10.7. The van der Waals surface area contributed by atoms with Gasteiger partial charge in [-0.1, -0.05) is 41.1 Å². The molecule has 1 heterocycles. The Morgan fingerprint density at radius 1 is 1.00 bits per heavy atom. The van der Waals surface area contributed by atoms with Crippen LogP contribution in [0, 0.1) is 0 Å². The van der Waals surface area contributed by atoms with E-state index in [0.29, 0.717) is 5.69 Å². The molecule has 2 N–H and O–H groups in total. The minimum Gasteiger partial charge on any atom is -0.322 e. The van der Waals surface area contributed by atoms with Crippen molar-refractivity contribution in [1.82, 2.24) is 4.57 Å². The van der Waals surface area contributed by atoms with E-state index >= 15 is 0 Å². The first-order valence-electron chi connectivity index (χ1n) is 9.99. The maximum Gasteiger partial charge on any atom is 0.308 e. The number of benzene rings is 3. The summed E-state index contributed by atoms with van der Waals surface area (Å²) in [6, 6.07) is 17.5. The van der Waals surface area contributed by atoms with E-state index in [-0.39, 0.29) is 32.1 Å². The predicted octanol–water partition coefficient (Wildman–Crippen LogP) is 5.35. The Balaban J connectivity index is 1.54. The Labute approximate surface area is 199 Å². The number of nitrogens with zero attached hydrogens (tertiary/aromatic N) is 1. The minimum atomic E-state index is -3.78. The smallest absolute Gasteiger partial charge is 0.308 e. The van der Waals surface area contributed by atoms with Crippen molar-refractivity contribution in [1.29, 1.82) is 0 Å². The van der Waals surface area contributed by atoms with E-state index < -0.39 is 15.9 Å². The lowest BCUT2D eigenvalue weighted by Crippen LogP contribution is -2.15. The maximum absolute atomic E-state index is 12.8. The molecule has 10 heteroatoms. The van der Waals surface area contributed by atoms with Gasteiger partial charge in [-0.25, -0.2) is 8.42 Å². The molecular formula is C23H20ClN3O4S2. The number of fused-ring (bicyclic) bond motifs is 1. The van der Waals surface area contributed by atoms with Crippen LogP contribution in [0.1, 0.15) is 30.2 Å². The summed E-state index contributed by atoms with van der Waals surface area (Å²) in [4.78, 5) is 25.1. The molecule has 0 aliphatic rings. The fourth-order valence-electron chi connectivity index (χ4n) is 3.38. The predicted molar refractivity (Wildman–Crippen MR) is 133 cm³/mol. The highest BCUT2D eigenvalue weighted by molar-refractivity contribution is 7.92. The molecule has 0 radical (unpaired) electrons. The highest BCUT2D eigenvalue weighted by Gasteiger charge is 2.17. The van der Waals surface area contributed by atoms with E-state index in [2.05, 4.69) is 10.0 Å². The molecule has 170 valence electrons. The topological polar surface area (TPSA) is 97.3 Å². The molecule has 0 unspecified atom stereocenters. The first-order valence-corrected chi connectivity index (χ1v) is 12.7. The van der Waals surface area contributed by atoms with Crippen molar-refractivity contribution in [2.24, 2.45) is 0 Å². The van der Waals surface area contributed by atoms with Crippen LogP contribution in [0.5, 0.6) is 0 Å². The Bertz CT molecular complexity index is 1510. The van der Waals surface area contributed by atoms with Crippen molar-refractivity contribution in [3.63, 3.8) is 0 Å². The lowest BCUT2D eigenvalue weighted by atomic mass is 10.2. The molecule has 1 aromatic heterocycles. The summed E-state index contributed by atoms with van der Waals surface area (Å²) in [6.45, 7) is 3.88. The van der Waals surface area contributed by atoms with Gasteiger partial charge in [0.2, 0.25) is 0 Å². The van der Waals surface area contributed by atoms with Crippen molar-refractivity contribution < 1.29 is 13.2 Å². The molecule has 0 aliphatic carbocycles. The maximum atomic E-state index is 12.8. The first kappa shape index (κ1) is 23.0. The van der Waals surface area contributed by atoms with Crippen LogP contribution >= 0.6 is 22.9 Å². The van der Waals surface area contributed by atoms with E-state index in [1.165, 1.54) is 30.3 Å². The molecule has 7 nitrogen and oxygen atoms in total. The molecular weight excluding hydrogens is 482 g/mol. The number of aromatic nitrogens is 1. The zero-order valence-electron chi connectivity index (χ0n) is 17.7. The highest BCUT2D eigenvalue weighted by Crippen LogP contribution is 2.27. The number of sulfonamides is 1. The number of anilines is 2. The van der Waals surface area contributed by atoms with Gasteiger partial charge in [0.15, 0.2) is 0 Å². The number of amides is 1. The molecule has 4 aromatic rings. The monoisotopic (exact) mass is 501 g/mol. The lowest BCUT2D eigenvalue weighted by Gasteiger charge is -2.11. The average Bonchev–Trinajstić information content (AvgIpc) is 3.09. The largest absolute Gasteiger partial charge is 0.322 e. The van der Waals surface area contributed by atoms with Crippen LogP contribution in [0.25, 0.3) is 10.2 Å². The molecule has 0 aliphatic heterocycles. The number of carbonyl (C=O) groups excluding carboxylic acids is 1. The molecule has 0 saturated heterocycles. The lowest BCUT2D eigenvalue weighted by molar-refractivity contribution is 0.102. The van der Waals surface area contributed by atoms with Gasteiger partial charge in [-0.15, -0.1) is 0 Å². The molecule has 0 bridgehead atoms. The third-order valence-electron chi connectivity index (χ3n) is 4.91. The summed E-state index contributed by atoms with van der Waals surface area (Å²) in [5.41, 5.74) is 1.76. The minimum absolute atomic E-state index is 0.0309. The van der Waals surface area contributed by atoms with Crippen LogP contribution in [0.2, 0.25) is 5.02 Å². The van der Waals surface area contributed by atoms with Crippen molar-refractivity contribution in [2.45, 2.75) is 24.8 Å². The molecule has 4 rings (SSSR count). The van der Waals surface area contributed by atoms with Gasteiger partial charge < -0.3 is 5.32 Å². The molecule has 1 amide bonds. The Morgan fingerprint density at radius 2 is 1.70 bits per heavy atom. The SMILES string of the molecule is CC(C)n1c(=O)sc2cc(NC(=O)c3ccc(NS(=O)(=O)c4ccccc4)cc3Cl)ccc21. The van der Waals surface area contributed by atoms with E-state index in [9.17, 15) is 18.0 Å². The fraction of sp³-hybridized carbons (Fsp3) is 0.130. The third kappa shape index (κ3) is 4.80. The van der Waals surface area contributed by atoms with Gasteiger partial charge >= 0.3 is 4.87 Å². The van der Waals surface area contributed by atoms with Gasteiger partial charge in [-0.2, -0.15) is 0 Å². The van der Waals surface area contributed by atoms with Gasteiger partial charge in [0.1, 0.15) is 0 Å². The zero-order chi connectivity index (χ0) is 23.8. The van der Waals surface area contributed by atoms with Gasteiger partial charge in [0.05, 0.1) is 31.4 Å². The summed E-state index contributed by atoms with van der Waals surface area (Å²) < 4.78 is 29.9. The van der Waals surface area contributed by atoms with Crippen LogP contribution in [-0.4, -0.2) is 18.9 Å². The quantitative estimate of drug-likeness (QED) is 0.372. The van der Waals surface area contributed by atoms with Gasteiger partial charge in [0.25, 0.3) is 15.9 Å². The highest BCUT2D eigenvalue weighted by atomic mass is 35.5. The molecule has 33 heavy (non-hydrogen) atoms. The van der Waals surface area contributed by atoms with Gasteiger partial charge in [-0.05, 0) is 62.4 Å². The number of carbonyl (C=O) groups is 1. The average molecular weight is 502 g/mol. The van der Waals surface area contributed by atoms with E-state index in [1.807, 2.05) is 13.8 Å². The molecule has 0 atom stereocenters. The van der Waals surface area contributed by atoms with Gasteiger partial charge in [0, 0.05) is 11.7 Å². The number of halogens is 1. The van der Waals surface area contributed by atoms with Gasteiger partial charge in [-0.3, -0.25) is 18.9 Å². The fourth-order valence-corrected chi connectivity index (χ4v) is 5.77. The van der Waals surface area contributed by atoms with Crippen LogP contribution in [-0.2, 0) is 10.0 Å². The Hall–Kier alpha value is -3.14. The molecule has 3 aromatic carbocycles. The van der Waals surface area contributed by atoms with Crippen LogP contribution in [0.4, 0.5) is 11.4 Å². The van der Waals surface area contributed by atoms with Crippen LogP contribution in [0.3, 0.4) is 0 Å². The van der Waals surface area contributed by atoms with E-state index in [4.69, 9.17) is 11.6 Å². The molecule has 0 spiro atoms. The zero-order valence-corrected chi connectivity index (χ0v) is 20.1. The number of nitrogens with one attached hydrogen (secondary N) is 2. The summed E-state index contributed by atoms with van der Waals surface area (Å²) in [5, 5.41) is 2.87. The van der Waals surface area contributed by atoms with Crippen molar-refractivity contribution >= 4 is 60.5 Å². The Morgan fingerprint density at radius 3 is 2.36 bits per heavy atom. The Kier molecular flexibility index (Phi) is 6.29. The van der Waals surface area contributed by atoms with Crippen LogP contribution < -0.4 is 14.9 Å². The second-order valence-electron chi connectivity index (χ2n) is 7.58. The first-order chi connectivity index (χ1) is 15.7. The number of thiazole rings is 1. The van der Waals surface area contributed by atoms with E-state index in [1.54, 1.807) is 41.0 Å². The summed E-state index contributed by atoms with van der Waals surface area (Å²) >= 11 is 7.40. The van der Waals surface area contributed by atoms with Crippen molar-refractivity contribution in [2.75, 3.05) is 10.0 Å². The number of hydrogen-bond acceptors (Lipinski definition) is 5. The number of hydrogen-bond donors (Lipinski definition) is 2. The summed E-state index contributed by atoms with van der Waals surface area (Å²) in [5.74, 6) is -0.451. The summed E-state index contributed by atoms with van der Waals surface area (Å²) in [7, 11) is -3.78. The van der Waals surface area contributed by atoms with Crippen molar-refractivity contribution in [3.8, 4) is 0 Å². The standard InChI is InChI=1S/C23H20ClN3O4S2/c1-14(2)27-20-11-9-15(13-21(20)32-23(27)29)25-22(28)18-10-8-16(12-19(18)24)26-33(30,31)17-6-4-3-5-7-17/h3-14,26H,1-2H3,(H,25,28). The molecule has 0 saturated carbocycles. The van der Waals surface area contributed by atoms with E-state index in [0.717, 1.165) is 21.6 Å². The van der Waals surface area contributed by atoms with Crippen LogP contribution in [0.15, 0.2) is 76.4 Å². The third-order valence-corrected chi connectivity index (χ3v) is 7.54. The second kappa shape index (κ2) is 9.01. The molecule has 0 fully saturated rings.